The van der Waals surface area contributed by atoms with Crippen molar-refractivity contribution in [3.8, 4) is 0 Å². The number of nitrogens with one attached hydrogen (secondary N) is 1. The zero-order valence-corrected chi connectivity index (χ0v) is 7.29. The summed E-state index contributed by atoms with van der Waals surface area (Å²) in [4.78, 5) is 11.2. The summed E-state index contributed by atoms with van der Waals surface area (Å²) in [6.45, 7) is -0.132. The topological polar surface area (TPSA) is 42.2 Å². The molecular formula is C10H8FNO2. The molecule has 2 rings (SSSR count). The van der Waals surface area contributed by atoms with Crippen LogP contribution in [0.3, 0.4) is 0 Å². The molecule has 1 aromatic carbocycles. The zero-order chi connectivity index (χ0) is 9.97. The van der Waals surface area contributed by atoms with Gasteiger partial charge in [-0.1, -0.05) is 18.2 Å². The van der Waals surface area contributed by atoms with Crippen LogP contribution in [0.1, 0.15) is 5.56 Å². The number of halogens is 1. The maximum atomic E-state index is 11.8. The first-order chi connectivity index (χ1) is 6.81. The standard InChI is InChI=1S/C10H8FNO2/c11-12-6-8-5-7-3-1-2-4-9(7)14-10(8)13/h1-5,12H,6H2. The minimum Gasteiger partial charge on any atom is -0.422 e. The summed E-state index contributed by atoms with van der Waals surface area (Å²) >= 11 is 0. The molecule has 4 heteroatoms. The Hall–Kier alpha value is -1.68. The molecule has 0 aliphatic carbocycles. The molecule has 14 heavy (non-hydrogen) atoms. The van der Waals surface area contributed by atoms with Crippen molar-refractivity contribution in [2.75, 3.05) is 0 Å². The summed E-state index contributed by atoms with van der Waals surface area (Å²) < 4.78 is 16.8. The predicted octanol–water partition coefficient (Wildman–Crippen LogP) is 1.77. The molecule has 2 aromatic rings. The van der Waals surface area contributed by atoms with Gasteiger partial charge in [0, 0.05) is 5.39 Å². The van der Waals surface area contributed by atoms with E-state index < -0.39 is 5.63 Å². The van der Waals surface area contributed by atoms with Crippen LogP contribution in [0.4, 0.5) is 4.48 Å². The molecular weight excluding hydrogens is 185 g/mol. The summed E-state index contributed by atoms with van der Waals surface area (Å²) in [5.74, 6) is 0. The second-order valence-electron chi connectivity index (χ2n) is 2.91. The number of para-hydroxylation sites is 1. The molecule has 0 amide bonds. The molecule has 0 fully saturated rings. The molecule has 1 N–H and O–H groups in total. The van der Waals surface area contributed by atoms with Crippen molar-refractivity contribution < 1.29 is 8.90 Å². The lowest BCUT2D eigenvalue weighted by Gasteiger charge is -1.99. The first-order valence-corrected chi connectivity index (χ1v) is 4.16. The van der Waals surface area contributed by atoms with Crippen LogP contribution in [0.5, 0.6) is 0 Å². The summed E-state index contributed by atoms with van der Waals surface area (Å²) in [5, 5.41) is 0.789. The smallest absolute Gasteiger partial charge is 0.340 e. The van der Waals surface area contributed by atoms with Crippen molar-refractivity contribution in [2.45, 2.75) is 6.54 Å². The average molecular weight is 193 g/mol. The zero-order valence-electron chi connectivity index (χ0n) is 7.29. The van der Waals surface area contributed by atoms with Gasteiger partial charge in [0.05, 0.1) is 12.1 Å². The van der Waals surface area contributed by atoms with E-state index in [1.165, 1.54) is 5.54 Å². The number of benzene rings is 1. The van der Waals surface area contributed by atoms with Gasteiger partial charge in [0.15, 0.2) is 0 Å². The van der Waals surface area contributed by atoms with Crippen molar-refractivity contribution in [1.82, 2.24) is 5.54 Å². The number of rotatable bonds is 2. The van der Waals surface area contributed by atoms with Crippen LogP contribution < -0.4 is 11.2 Å². The SMILES string of the molecule is O=c1oc2ccccc2cc1CNF. The van der Waals surface area contributed by atoms with Crippen molar-refractivity contribution in [2.24, 2.45) is 0 Å². The minimum atomic E-state index is -0.506. The van der Waals surface area contributed by atoms with E-state index in [2.05, 4.69) is 0 Å². The van der Waals surface area contributed by atoms with Crippen molar-refractivity contribution in [1.29, 1.82) is 0 Å². The lowest BCUT2D eigenvalue weighted by atomic mass is 10.2. The van der Waals surface area contributed by atoms with Crippen LogP contribution in [0.15, 0.2) is 39.5 Å². The fourth-order valence-corrected chi connectivity index (χ4v) is 1.30. The molecule has 0 aliphatic heterocycles. The van der Waals surface area contributed by atoms with E-state index in [-0.39, 0.29) is 12.1 Å². The summed E-state index contributed by atoms with van der Waals surface area (Å²) in [6.07, 6.45) is 0. The van der Waals surface area contributed by atoms with E-state index in [9.17, 15) is 9.28 Å². The molecule has 0 radical (unpaired) electrons. The molecule has 3 nitrogen and oxygen atoms in total. The van der Waals surface area contributed by atoms with E-state index in [1.807, 2.05) is 6.07 Å². The third-order valence-electron chi connectivity index (χ3n) is 1.97. The molecule has 0 spiro atoms. The quantitative estimate of drug-likeness (QED) is 0.583. The van der Waals surface area contributed by atoms with Gasteiger partial charge < -0.3 is 4.42 Å². The minimum absolute atomic E-state index is 0.132. The second kappa shape index (κ2) is 3.59. The third kappa shape index (κ3) is 1.52. The monoisotopic (exact) mass is 193 g/mol. The van der Waals surface area contributed by atoms with Crippen LogP contribution in [0.2, 0.25) is 0 Å². The summed E-state index contributed by atoms with van der Waals surface area (Å²) in [6, 6.07) is 8.73. The van der Waals surface area contributed by atoms with Crippen LogP contribution in [0, 0.1) is 0 Å². The van der Waals surface area contributed by atoms with Gasteiger partial charge in [0.1, 0.15) is 5.58 Å². The molecule has 0 aliphatic rings. The van der Waals surface area contributed by atoms with Crippen molar-refractivity contribution in [3.05, 3.63) is 46.3 Å². The highest BCUT2D eigenvalue weighted by Gasteiger charge is 2.03. The molecule has 1 aromatic heterocycles. The maximum Gasteiger partial charge on any atom is 0.340 e. The van der Waals surface area contributed by atoms with Crippen molar-refractivity contribution in [3.63, 3.8) is 0 Å². The molecule has 0 atom stereocenters. The Bertz CT molecular complexity index is 507. The van der Waals surface area contributed by atoms with Gasteiger partial charge >= 0.3 is 5.63 Å². The van der Waals surface area contributed by atoms with Gasteiger partial charge in [-0.05, 0) is 12.1 Å². The van der Waals surface area contributed by atoms with E-state index >= 15 is 0 Å². The van der Waals surface area contributed by atoms with Gasteiger partial charge in [-0.2, -0.15) is 5.54 Å². The summed E-state index contributed by atoms with van der Waals surface area (Å²) in [5.41, 5.74) is 1.72. The Morgan fingerprint density at radius 3 is 2.93 bits per heavy atom. The molecule has 0 bridgehead atoms. The lowest BCUT2D eigenvalue weighted by Crippen LogP contribution is -2.12. The molecule has 0 unspecified atom stereocenters. The second-order valence-corrected chi connectivity index (χ2v) is 2.91. The van der Waals surface area contributed by atoms with Crippen LogP contribution in [-0.4, -0.2) is 0 Å². The Kier molecular flexibility index (Phi) is 2.28. The Balaban J connectivity index is 2.65. The molecule has 72 valence electrons. The Morgan fingerprint density at radius 1 is 1.36 bits per heavy atom. The average Bonchev–Trinajstić information content (AvgIpc) is 2.19. The predicted molar refractivity (Wildman–Crippen MR) is 50.4 cm³/mol. The van der Waals surface area contributed by atoms with Crippen LogP contribution >= 0.6 is 0 Å². The van der Waals surface area contributed by atoms with Gasteiger partial charge in [0.25, 0.3) is 0 Å². The fraction of sp³-hybridized carbons (Fsp3) is 0.100. The Labute approximate surface area is 79.1 Å². The van der Waals surface area contributed by atoms with Gasteiger partial charge in [-0.15, -0.1) is 4.48 Å². The lowest BCUT2D eigenvalue weighted by molar-refractivity contribution is 0.326. The molecule has 0 saturated carbocycles. The van der Waals surface area contributed by atoms with Gasteiger partial charge in [-0.3, -0.25) is 0 Å². The highest BCUT2D eigenvalue weighted by Crippen LogP contribution is 2.12. The molecule has 0 saturated heterocycles. The van der Waals surface area contributed by atoms with E-state index in [0.717, 1.165) is 5.39 Å². The Morgan fingerprint density at radius 2 is 2.14 bits per heavy atom. The van der Waals surface area contributed by atoms with E-state index in [1.54, 1.807) is 24.3 Å². The molecule has 1 heterocycles. The van der Waals surface area contributed by atoms with Crippen LogP contribution in [0.25, 0.3) is 11.0 Å². The third-order valence-corrected chi connectivity index (χ3v) is 1.97. The fourth-order valence-electron chi connectivity index (χ4n) is 1.30. The van der Waals surface area contributed by atoms with E-state index in [0.29, 0.717) is 5.58 Å². The number of hydrogen-bond donors (Lipinski definition) is 1. The summed E-state index contributed by atoms with van der Waals surface area (Å²) in [7, 11) is 0. The van der Waals surface area contributed by atoms with Gasteiger partial charge in [-0.25, -0.2) is 4.79 Å². The normalized spacial score (nSPS) is 10.6. The maximum absolute atomic E-state index is 11.8. The van der Waals surface area contributed by atoms with E-state index in [4.69, 9.17) is 4.42 Å². The highest BCUT2D eigenvalue weighted by atomic mass is 19.2. The van der Waals surface area contributed by atoms with Gasteiger partial charge in [0.2, 0.25) is 0 Å². The number of hydrogen-bond acceptors (Lipinski definition) is 3. The van der Waals surface area contributed by atoms with Crippen molar-refractivity contribution >= 4 is 11.0 Å². The van der Waals surface area contributed by atoms with Crippen LogP contribution in [-0.2, 0) is 6.54 Å². The first kappa shape index (κ1) is 8.90. The largest absolute Gasteiger partial charge is 0.422 e. The number of fused-ring (bicyclic) bond motifs is 1. The highest BCUT2D eigenvalue weighted by molar-refractivity contribution is 5.76. The first-order valence-electron chi connectivity index (χ1n) is 4.16.